The lowest BCUT2D eigenvalue weighted by atomic mass is 9.99. The molecule has 1 fully saturated rings. The second-order valence-corrected chi connectivity index (χ2v) is 9.29. The van der Waals surface area contributed by atoms with E-state index in [1.807, 2.05) is 19.0 Å². The van der Waals surface area contributed by atoms with E-state index in [0.717, 1.165) is 81.1 Å². The maximum atomic E-state index is 13.2. The number of aryl methyl sites for hydroxylation is 1. The number of hydrogen-bond acceptors (Lipinski definition) is 5. The van der Waals surface area contributed by atoms with Crippen LogP contribution >= 0.6 is 0 Å². The van der Waals surface area contributed by atoms with E-state index >= 15 is 0 Å². The molecule has 1 atom stereocenters. The first-order valence-electron chi connectivity index (χ1n) is 11.7. The number of rotatable bonds is 6. The van der Waals surface area contributed by atoms with Gasteiger partial charge in [0.25, 0.3) is 0 Å². The number of nitrogens with zero attached hydrogens (tertiary/aromatic N) is 5. The summed E-state index contributed by atoms with van der Waals surface area (Å²) in [5.41, 5.74) is 3.40. The third-order valence-corrected chi connectivity index (χ3v) is 6.56. The first-order chi connectivity index (χ1) is 15.4. The molecule has 32 heavy (non-hydrogen) atoms. The molecule has 1 saturated heterocycles. The van der Waals surface area contributed by atoms with E-state index in [2.05, 4.69) is 16.8 Å². The molecule has 0 spiro atoms. The van der Waals surface area contributed by atoms with E-state index in [1.165, 1.54) is 17.7 Å². The van der Waals surface area contributed by atoms with Crippen LogP contribution < -0.4 is 4.90 Å². The summed E-state index contributed by atoms with van der Waals surface area (Å²) >= 11 is 0. The van der Waals surface area contributed by atoms with Gasteiger partial charge in [0.1, 0.15) is 11.6 Å². The summed E-state index contributed by atoms with van der Waals surface area (Å²) < 4.78 is 13.1. The van der Waals surface area contributed by atoms with E-state index in [-0.39, 0.29) is 17.8 Å². The van der Waals surface area contributed by atoms with Gasteiger partial charge in [0.2, 0.25) is 5.91 Å². The van der Waals surface area contributed by atoms with Gasteiger partial charge in [-0.2, -0.15) is 0 Å². The fraction of sp³-hybridized carbons (Fsp3) is 0.560. The number of carbonyl (C=O) groups is 1. The zero-order chi connectivity index (χ0) is 22.7. The predicted octanol–water partition coefficient (Wildman–Crippen LogP) is 3.75. The lowest BCUT2D eigenvalue weighted by molar-refractivity contribution is -0.135. The highest BCUT2D eigenvalue weighted by Crippen LogP contribution is 2.33. The van der Waals surface area contributed by atoms with Crippen molar-refractivity contribution in [3.8, 4) is 0 Å². The Morgan fingerprint density at radius 2 is 1.94 bits per heavy atom. The molecular weight excluding hydrogens is 405 g/mol. The minimum absolute atomic E-state index is 0.0503. The Morgan fingerprint density at radius 1 is 1.16 bits per heavy atom. The van der Waals surface area contributed by atoms with Crippen LogP contribution in [-0.2, 0) is 24.2 Å². The Morgan fingerprint density at radius 3 is 2.69 bits per heavy atom. The quantitative estimate of drug-likeness (QED) is 0.686. The number of likely N-dealkylation sites (N-methyl/N-ethyl adjacent to an activating group) is 1. The number of piperidine rings is 1. The molecule has 1 amide bonds. The van der Waals surface area contributed by atoms with Crippen molar-refractivity contribution < 1.29 is 9.18 Å². The van der Waals surface area contributed by atoms with Crippen LogP contribution in [0.5, 0.6) is 0 Å². The van der Waals surface area contributed by atoms with Gasteiger partial charge in [0.05, 0.1) is 11.7 Å². The van der Waals surface area contributed by atoms with Gasteiger partial charge >= 0.3 is 0 Å². The van der Waals surface area contributed by atoms with Crippen molar-refractivity contribution in [2.45, 2.75) is 57.5 Å². The third kappa shape index (κ3) is 5.09. The smallest absolute Gasteiger partial charge is 0.223 e. The molecule has 2 aromatic rings. The van der Waals surface area contributed by atoms with Crippen LogP contribution in [0.4, 0.5) is 10.2 Å². The van der Waals surface area contributed by atoms with Gasteiger partial charge < -0.3 is 14.7 Å². The Labute approximate surface area is 190 Å². The van der Waals surface area contributed by atoms with Crippen molar-refractivity contribution in [3.63, 3.8) is 0 Å². The second kappa shape index (κ2) is 9.94. The maximum Gasteiger partial charge on any atom is 0.223 e. The largest absolute Gasteiger partial charge is 0.362 e. The Kier molecular flexibility index (Phi) is 7.04. The number of anilines is 1. The number of fused-ring (bicyclic) bond motifs is 1. The molecule has 0 aliphatic carbocycles. The molecule has 4 rings (SSSR count). The van der Waals surface area contributed by atoms with Crippen LogP contribution in [0.15, 0.2) is 24.3 Å². The minimum Gasteiger partial charge on any atom is -0.362 e. The molecule has 0 N–H and O–H groups in total. The van der Waals surface area contributed by atoms with E-state index < -0.39 is 0 Å². The van der Waals surface area contributed by atoms with Crippen LogP contribution in [0.3, 0.4) is 0 Å². The molecule has 2 aliphatic heterocycles. The van der Waals surface area contributed by atoms with Crippen LogP contribution in [0.25, 0.3) is 0 Å². The maximum absolute atomic E-state index is 13.2. The van der Waals surface area contributed by atoms with Crippen molar-refractivity contribution in [2.75, 3.05) is 39.1 Å². The number of benzene rings is 1. The van der Waals surface area contributed by atoms with E-state index in [4.69, 9.17) is 9.97 Å². The van der Waals surface area contributed by atoms with E-state index in [9.17, 15) is 9.18 Å². The highest BCUT2D eigenvalue weighted by molar-refractivity contribution is 5.76. The molecule has 7 heteroatoms. The van der Waals surface area contributed by atoms with Gasteiger partial charge in [-0.25, -0.2) is 14.4 Å². The van der Waals surface area contributed by atoms with Gasteiger partial charge in [-0.15, -0.1) is 0 Å². The summed E-state index contributed by atoms with van der Waals surface area (Å²) in [6, 6.07) is 6.50. The van der Waals surface area contributed by atoms with Gasteiger partial charge in [-0.05, 0) is 56.8 Å². The number of halogens is 1. The molecule has 0 bridgehead atoms. The molecule has 6 nitrogen and oxygen atoms in total. The molecule has 3 heterocycles. The van der Waals surface area contributed by atoms with Gasteiger partial charge in [-0.1, -0.05) is 12.1 Å². The second-order valence-electron chi connectivity index (χ2n) is 9.29. The number of likely N-dealkylation sites (tertiary alicyclic amines) is 1. The minimum atomic E-state index is -0.227. The highest BCUT2D eigenvalue weighted by Gasteiger charge is 2.32. The number of amides is 1. The van der Waals surface area contributed by atoms with E-state index in [0.29, 0.717) is 6.42 Å². The summed E-state index contributed by atoms with van der Waals surface area (Å²) in [5, 5.41) is 0. The lowest BCUT2D eigenvalue weighted by Crippen LogP contribution is -2.40. The van der Waals surface area contributed by atoms with Crippen LogP contribution in [0.2, 0.25) is 0 Å². The first-order valence-corrected chi connectivity index (χ1v) is 11.7. The van der Waals surface area contributed by atoms with Crippen LogP contribution in [0, 0.1) is 5.82 Å². The molecule has 1 aromatic heterocycles. The zero-order valence-corrected chi connectivity index (χ0v) is 19.5. The predicted molar refractivity (Wildman–Crippen MR) is 124 cm³/mol. The zero-order valence-electron chi connectivity index (χ0n) is 19.5. The summed E-state index contributed by atoms with van der Waals surface area (Å²) in [4.78, 5) is 29.5. The standard InChI is InChI=1S/C25H34FN5O/c1-29(2)25-20-17-30(3)16-14-21(20)27-24(28-25)22-8-4-5-15-31(22)23(32)9-6-7-18-10-12-19(26)13-11-18/h10-13,22H,4-9,14-17H2,1-3H3. The summed E-state index contributed by atoms with van der Waals surface area (Å²) in [6.45, 7) is 2.62. The highest BCUT2D eigenvalue weighted by atomic mass is 19.1. The number of aromatic nitrogens is 2. The number of hydrogen-bond donors (Lipinski definition) is 0. The van der Waals surface area contributed by atoms with Crippen molar-refractivity contribution in [1.29, 1.82) is 0 Å². The Bertz CT molecular complexity index is 946. The van der Waals surface area contributed by atoms with Crippen molar-refractivity contribution in [1.82, 2.24) is 19.8 Å². The van der Waals surface area contributed by atoms with E-state index in [1.54, 1.807) is 12.1 Å². The Balaban J connectivity index is 1.49. The fourth-order valence-corrected chi connectivity index (χ4v) is 4.81. The number of carbonyl (C=O) groups excluding carboxylic acids is 1. The first kappa shape index (κ1) is 22.6. The fourth-order valence-electron chi connectivity index (χ4n) is 4.81. The van der Waals surface area contributed by atoms with Gasteiger partial charge in [0, 0.05) is 52.1 Å². The van der Waals surface area contributed by atoms with Gasteiger partial charge in [-0.3, -0.25) is 4.79 Å². The average molecular weight is 440 g/mol. The Hall–Kier alpha value is -2.54. The van der Waals surface area contributed by atoms with Crippen molar-refractivity contribution in [2.24, 2.45) is 0 Å². The molecule has 2 aliphatic rings. The van der Waals surface area contributed by atoms with Crippen LogP contribution in [0.1, 0.15) is 60.8 Å². The summed E-state index contributed by atoms with van der Waals surface area (Å²) in [7, 11) is 6.18. The van der Waals surface area contributed by atoms with Crippen molar-refractivity contribution >= 4 is 11.7 Å². The molecule has 0 saturated carbocycles. The molecule has 0 radical (unpaired) electrons. The topological polar surface area (TPSA) is 52.6 Å². The molecular formula is C25H34FN5O. The monoisotopic (exact) mass is 439 g/mol. The summed E-state index contributed by atoms with van der Waals surface area (Å²) in [6.07, 6.45) is 5.97. The average Bonchev–Trinajstić information content (AvgIpc) is 2.79. The SMILES string of the molecule is CN1CCc2nc(C3CCCCN3C(=O)CCCc3ccc(F)cc3)nc(N(C)C)c2C1. The third-order valence-electron chi connectivity index (χ3n) is 6.56. The molecule has 1 unspecified atom stereocenters. The molecule has 172 valence electrons. The van der Waals surface area contributed by atoms with Crippen LogP contribution in [-0.4, -0.2) is 59.9 Å². The molecule has 1 aromatic carbocycles. The van der Waals surface area contributed by atoms with Gasteiger partial charge in [0.15, 0.2) is 5.82 Å². The van der Waals surface area contributed by atoms with Crippen molar-refractivity contribution in [3.05, 3.63) is 52.7 Å². The lowest BCUT2D eigenvalue weighted by Gasteiger charge is -2.36. The normalized spacial score (nSPS) is 19.0. The summed E-state index contributed by atoms with van der Waals surface area (Å²) in [5.74, 6) is 1.72.